The Morgan fingerprint density at radius 3 is 2.35 bits per heavy atom. The molecule has 1 atom stereocenters. The highest BCUT2D eigenvalue weighted by Crippen LogP contribution is 2.29. The summed E-state index contributed by atoms with van der Waals surface area (Å²) in [5.74, 6) is 0. The minimum Gasteiger partial charge on any atom is -0.356 e. The van der Waals surface area contributed by atoms with Crippen LogP contribution in [-0.2, 0) is 9.84 Å². The molecule has 5 heteroatoms. The van der Waals surface area contributed by atoms with E-state index >= 15 is 0 Å². The Labute approximate surface area is 124 Å². The van der Waals surface area contributed by atoms with Crippen LogP contribution in [0.4, 0.5) is 0 Å². The summed E-state index contributed by atoms with van der Waals surface area (Å²) in [6, 6.07) is 13.8. The zero-order valence-corrected chi connectivity index (χ0v) is 12.8. The molecule has 0 aromatic heterocycles. The van der Waals surface area contributed by atoms with Crippen molar-refractivity contribution >= 4 is 21.4 Å². The molecular formula is C15H17ClNO2S+. The molecule has 0 saturated heterocycles. The summed E-state index contributed by atoms with van der Waals surface area (Å²) < 4.78 is 25.4. The molecular weight excluding hydrogens is 294 g/mol. The molecule has 2 aromatic carbocycles. The van der Waals surface area contributed by atoms with Crippen LogP contribution in [0.25, 0.3) is 0 Å². The van der Waals surface area contributed by atoms with E-state index in [0.717, 1.165) is 5.56 Å². The van der Waals surface area contributed by atoms with Gasteiger partial charge < -0.3 is 5.73 Å². The quantitative estimate of drug-likeness (QED) is 0.942. The van der Waals surface area contributed by atoms with E-state index in [1.54, 1.807) is 48.5 Å². The van der Waals surface area contributed by atoms with E-state index in [1.165, 1.54) is 0 Å². The van der Waals surface area contributed by atoms with Gasteiger partial charge in [0.15, 0.2) is 9.84 Å². The maximum absolute atomic E-state index is 12.7. The Balaban J connectivity index is 2.47. The van der Waals surface area contributed by atoms with Gasteiger partial charge in [0, 0.05) is 5.02 Å². The monoisotopic (exact) mass is 310 g/mol. The molecule has 0 aliphatic carbocycles. The molecule has 0 spiro atoms. The molecule has 0 fully saturated rings. The first-order chi connectivity index (χ1) is 9.45. The van der Waals surface area contributed by atoms with Gasteiger partial charge in [-0.15, -0.1) is 0 Å². The lowest BCUT2D eigenvalue weighted by Crippen LogP contribution is -2.54. The number of benzene rings is 2. The first-order valence-electron chi connectivity index (χ1n) is 6.30. The van der Waals surface area contributed by atoms with Gasteiger partial charge in [-0.05, 0) is 36.8 Å². The van der Waals surface area contributed by atoms with E-state index in [4.69, 9.17) is 11.6 Å². The Morgan fingerprint density at radius 2 is 1.80 bits per heavy atom. The summed E-state index contributed by atoms with van der Waals surface area (Å²) >= 11 is 5.95. The number of halogens is 1. The van der Waals surface area contributed by atoms with Gasteiger partial charge in [-0.25, -0.2) is 8.42 Å². The van der Waals surface area contributed by atoms with E-state index in [-0.39, 0.29) is 6.54 Å². The topological polar surface area (TPSA) is 61.8 Å². The zero-order valence-electron chi connectivity index (χ0n) is 11.2. The number of hydrogen-bond acceptors (Lipinski definition) is 2. The van der Waals surface area contributed by atoms with Crippen LogP contribution >= 0.6 is 11.6 Å². The van der Waals surface area contributed by atoms with E-state index in [0.29, 0.717) is 15.5 Å². The third-order valence-corrected chi connectivity index (χ3v) is 5.63. The van der Waals surface area contributed by atoms with Crippen LogP contribution < -0.4 is 5.73 Å². The summed E-state index contributed by atoms with van der Waals surface area (Å²) in [6.45, 7) is 2.18. The Bertz CT molecular complexity index is 696. The fourth-order valence-corrected chi connectivity index (χ4v) is 3.96. The van der Waals surface area contributed by atoms with Crippen molar-refractivity contribution in [3.05, 3.63) is 64.7 Å². The van der Waals surface area contributed by atoms with Crippen molar-refractivity contribution in [2.45, 2.75) is 17.1 Å². The van der Waals surface area contributed by atoms with Gasteiger partial charge in [0.05, 0.1) is 11.4 Å². The second kappa shape index (κ2) is 5.95. The zero-order chi connectivity index (χ0) is 14.8. The van der Waals surface area contributed by atoms with E-state index < -0.39 is 15.1 Å². The van der Waals surface area contributed by atoms with Gasteiger partial charge in [-0.2, -0.15) is 0 Å². The molecule has 2 aromatic rings. The second-order valence-electron chi connectivity index (χ2n) is 4.69. The van der Waals surface area contributed by atoms with E-state index in [2.05, 4.69) is 5.73 Å². The normalized spacial score (nSPS) is 13.2. The van der Waals surface area contributed by atoms with Gasteiger partial charge in [0.1, 0.15) is 5.25 Å². The number of sulfone groups is 1. The smallest absolute Gasteiger partial charge is 0.190 e. The molecule has 0 unspecified atom stereocenters. The van der Waals surface area contributed by atoms with Crippen LogP contribution in [0.2, 0.25) is 5.02 Å². The number of quaternary nitrogens is 1. The molecule has 106 valence electrons. The summed E-state index contributed by atoms with van der Waals surface area (Å²) in [4.78, 5) is 0.316. The second-order valence-corrected chi connectivity index (χ2v) is 7.26. The molecule has 20 heavy (non-hydrogen) atoms. The van der Waals surface area contributed by atoms with E-state index in [1.807, 2.05) is 6.92 Å². The van der Waals surface area contributed by atoms with Crippen molar-refractivity contribution in [1.82, 2.24) is 0 Å². The van der Waals surface area contributed by atoms with E-state index in [9.17, 15) is 8.42 Å². The molecule has 0 aliphatic heterocycles. The summed E-state index contributed by atoms with van der Waals surface area (Å²) in [5.41, 5.74) is 5.48. The molecule has 2 rings (SSSR count). The Morgan fingerprint density at radius 1 is 1.15 bits per heavy atom. The summed E-state index contributed by atoms with van der Waals surface area (Å²) in [6.07, 6.45) is 0. The highest BCUT2D eigenvalue weighted by Gasteiger charge is 2.29. The predicted octanol–water partition coefficient (Wildman–Crippen LogP) is 2.41. The SMILES string of the molecule is Cc1ccc(S(=O)(=O)[C@H](C[NH3+])c2cccc(Cl)c2)cc1. The third kappa shape index (κ3) is 3.03. The highest BCUT2D eigenvalue weighted by atomic mass is 35.5. The van der Waals surface area contributed by atoms with Gasteiger partial charge in [0.25, 0.3) is 0 Å². The fraction of sp³-hybridized carbons (Fsp3) is 0.200. The largest absolute Gasteiger partial charge is 0.356 e. The van der Waals surface area contributed by atoms with Crippen LogP contribution in [0.5, 0.6) is 0 Å². The molecule has 0 amide bonds. The number of aryl methyl sites for hydroxylation is 1. The van der Waals surface area contributed by atoms with Crippen molar-refractivity contribution in [3.63, 3.8) is 0 Å². The predicted molar refractivity (Wildman–Crippen MR) is 80.3 cm³/mol. The lowest BCUT2D eigenvalue weighted by Gasteiger charge is -2.15. The van der Waals surface area contributed by atoms with Crippen LogP contribution in [0.1, 0.15) is 16.4 Å². The molecule has 3 nitrogen and oxygen atoms in total. The minimum absolute atomic E-state index is 0.260. The lowest BCUT2D eigenvalue weighted by atomic mass is 10.1. The van der Waals surface area contributed by atoms with Crippen LogP contribution in [-0.4, -0.2) is 15.0 Å². The number of rotatable bonds is 4. The van der Waals surface area contributed by atoms with Crippen molar-refractivity contribution in [1.29, 1.82) is 0 Å². The Kier molecular flexibility index (Phi) is 4.48. The van der Waals surface area contributed by atoms with Gasteiger partial charge >= 0.3 is 0 Å². The molecule has 0 saturated carbocycles. The van der Waals surface area contributed by atoms with Crippen molar-refractivity contribution in [2.75, 3.05) is 6.54 Å². The lowest BCUT2D eigenvalue weighted by molar-refractivity contribution is -0.367. The fourth-order valence-electron chi connectivity index (χ4n) is 2.10. The maximum Gasteiger partial charge on any atom is 0.190 e. The average molecular weight is 311 g/mol. The molecule has 0 heterocycles. The molecule has 0 aliphatic rings. The van der Waals surface area contributed by atoms with Crippen LogP contribution in [0, 0.1) is 6.92 Å². The average Bonchev–Trinajstić information content (AvgIpc) is 2.40. The highest BCUT2D eigenvalue weighted by molar-refractivity contribution is 7.91. The molecule has 3 N–H and O–H groups in total. The van der Waals surface area contributed by atoms with Gasteiger partial charge in [0.2, 0.25) is 0 Å². The number of hydrogen-bond donors (Lipinski definition) is 1. The maximum atomic E-state index is 12.7. The van der Waals surface area contributed by atoms with Crippen molar-refractivity contribution < 1.29 is 14.2 Å². The Hall–Kier alpha value is -1.36. The third-order valence-electron chi connectivity index (χ3n) is 3.21. The first kappa shape index (κ1) is 15.0. The minimum atomic E-state index is -3.46. The van der Waals surface area contributed by atoms with Crippen LogP contribution in [0.3, 0.4) is 0 Å². The van der Waals surface area contributed by atoms with Crippen molar-refractivity contribution in [3.8, 4) is 0 Å². The summed E-state index contributed by atoms with van der Waals surface area (Å²) in [7, 11) is -3.46. The van der Waals surface area contributed by atoms with Crippen molar-refractivity contribution in [2.24, 2.45) is 0 Å². The molecule has 0 bridgehead atoms. The van der Waals surface area contributed by atoms with Crippen LogP contribution in [0.15, 0.2) is 53.4 Å². The summed E-state index contributed by atoms with van der Waals surface area (Å²) in [5, 5.41) is -0.149. The van der Waals surface area contributed by atoms with Gasteiger partial charge in [-0.1, -0.05) is 41.4 Å². The standard InChI is InChI=1S/C15H16ClNO2S/c1-11-5-7-14(8-6-11)20(18,19)15(10-17)12-3-2-4-13(16)9-12/h2-9,15H,10,17H2,1H3/p+1/t15-/m1/s1. The first-order valence-corrected chi connectivity index (χ1v) is 8.23. The molecule has 0 radical (unpaired) electrons. The van der Waals surface area contributed by atoms with Gasteiger partial charge in [-0.3, -0.25) is 0 Å².